The van der Waals surface area contributed by atoms with Crippen molar-refractivity contribution in [3.8, 4) is 5.75 Å². The Morgan fingerprint density at radius 1 is 1.00 bits per heavy atom. The van der Waals surface area contributed by atoms with Crippen LogP contribution in [0.25, 0.3) is 0 Å². The van der Waals surface area contributed by atoms with Crippen LogP contribution < -0.4 is 51.8 Å². The van der Waals surface area contributed by atoms with Crippen molar-refractivity contribution in [1.82, 2.24) is 9.97 Å². The number of benzene rings is 1. The molecule has 1 aromatic heterocycles. The molecule has 0 unspecified atom stereocenters. The van der Waals surface area contributed by atoms with Crippen molar-refractivity contribution < 1.29 is 40.4 Å². The Kier molecular flexibility index (Phi) is 11.1. The zero-order valence-electron chi connectivity index (χ0n) is 14.0. The van der Waals surface area contributed by atoms with E-state index in [0.29, 0.717) is 23.1 Å². The first-order valence-corrected chi connectivity index (χ1v) is 8.80. The Balaban J connectivity index is 0.00000312. The lowest BCUT2D eigenvalue weighted by Crippen LogP contribution is -3.00. The fraction of sp³-hybridized carbons (Fsp3) is 0.200. The van der Waals surface area contributed by atoms with E-state index in [0.717, 1.165) is 16.9 Å². The van der Waals surface area contributed by atoms with Crippen molar-refractivity contribution in [2.45, 2.75) is 23.4 Å². The van der Waals surface area contributed by atoms with Crippen LogP contribution in [0.2, 0.25) is 0 Å². The van der Waals surface area contributed by atoms with Gasteiger partial charge in [-0.1, -0.05) is 12.1 Å². The molecule has 0 radical (unpaired) electrons. The van der Waals surface area contributed by atoms with Gasteiger partial charge in [-0.05, 0) is 24.6 Å². The van der Waals surface area contributed by atoms with Gasteiger partial charge < -0.3 is 29.6 Å². The van der Waals surface area contributed by atoms with Crippen molar-refractivity contribution in [3.05, 3.63) is 41.7 Å². The summed E-state index contributed by atoms with van der Waals surface area (Å²) in [6.45, 7) is 2.58. The molecule has 0 fully saturated rings. The van der Waals surface area contributed by atoms with Crippen LogP contribution in [0.1, 0.15) is 18.1 Å². The SMILES string of the molecule is CCOc1ccc(Cc2c(SC(N)=[NH2+])ncnc2SC(N)=[NH2+])cc1.[Cl-].[Cl-]. The maximum atomic E-state index is 5.61. The smallest absolute Gasteiger partial charge is 0.306 e. The van der Waals surface area contributed by atoms with E-state index >= 15 is 0 Å². The molecule has 2 aromatic rings. The highest BCUT2D eigenvalue weighted by Gasteiger charge is 2.17. The number of aromatic nitrogens is 2. The van der Waals surface area contributed by atoms with Gasteiger partial charge in [0.2, 0.25) is 0 Å². The van der Waals surface area contributed by atoms with Gasteiger partial charge in [0, 0.05) is 35.5 Å². The summed E-state index contributed by atoms with van der Waals surface area (Å²) < 4.78 is 5.46. The number of rotatable bonds is 6. The van der Waals surface area contributed by atoms with Crippen LogP contribution in [0, 0.1) is 0 Å². The molecule has 0 spiro atoms. The van der Waals surface area contributed by atoms with Crippen LogP contribution in [0.5, 0.6) is 5.75 Å². The van der Waals surface area contributed by atoms with Crippen molar-refractivity contribution in [2.75, 3.05) is 6.61 Å². The third-order valence-corrected chi connectivity index (χ3v) is 4.47. The summed E-state index contributed by atoms with van der Waals surface area (Å²) in [7, 11) is 0. The van der Waals surface area contributed by atoms with E-state index < -0.39 is 0 Å². The molecule has 1 heterocycles. The van der Waals surface area contributed by atoms with Gasteiger partial charge in [-0.25, -0.2) is 9.97 Å². The van der Waals surface area contributed by atoms with Crippen LogP contribution in [0.3, 0.4) is 0 Å². The molecule has 142 valence electrons. The largest absolute Gasteiger partial charge is 1.00 e. The van der Waals surface area contributed by atoms with Crippen LogP contribution in [-0.2, 0) is 6.42 Å². The fourth-order valence-corrected chi connectivity index (χ4v) is 3.30. The predicted molar refractivity (Wildman–Crippen MR) is 96.4 cm³/mol. The second-order valence-electron chi connectivity index (χ2n) is 4.73. The number of hydrogen-bond donors (Lipinski definition) is 4. The molecule has 2 rings (SSSR count). The summed E-state index contributed by atoms with van der Waals surface area (Å²) in [5.41, 5.74) is 13.2. The van der Waals surface area contributed by atoms with Gasteiger partial charge in [-0.3, -0.25) is 22.3 Å². The topological polar surface area (TPSA) is 138 Å². The van der Waals surface area contributed by atoms with Crippen LogP contribution >= 0.6 is 23.5 Å². The Morgan fingerprint density at radius 2 is 1.50 bits per heavy atom. The quantitative estimate of drug-likeness (QED) is 0.153. The van der Waals surface area contributed by atoms with Gasteiger partial charge in [-0.15, -0.1) is 0 Å². The van der Waals surface area contributed by atoms with Gasteiger partial charge in [0.05, 0.1) is 6.61 Å². The van der Waals surface area contributed by atoms with E-state index in [4.69, 9.17) is 27.0 Å². The van der Waals surface area contributed by atoms with Gasteiger partial charge >= 0.3 is 10.3 Å². The summed E-state index contributed by atoms with van der Waals surface area (Å²) in [5.74, 6) is 0.828. The third-order valence-electron chi connectivity index (χ3n) is 2.91. The van der Waals surface area contributed by atoms with E-state index in [1.807, 2.05) is 31.2 Å². The molecule has 0 aliphatic rings. The summed E-state index contributed by atoms with van der Waals surface area (Å²) >= 11 is 2.38. The molecule has 1 aromatic carbocycles. The average Bonchev–Trinajstić information content (AvgIpc) is 2.51. The maximum absolute atomic E-state index is 5.61. The molecule has 0 bridgehead atoms. The molecule has 8 N–H and O–H groups in total. The lowest BCUT2D eigenvalue weighted by Gasteiger charge is -2.10. The molecule has 0 atom stereocenters. The number of hydrogen-bond acceptors (Lipinski definition) is 5. The Hall–Kier alpha value is -1.68. The Bertz CT molecular complexity index is 711. The summed E-state index contributed by atoms with van der Waals surface area (Å²) in [6.07, 6.45) is 2.04. The van der Waals surface area contributed by atoms with Gasteiger partial charge in [0.15, 0.2) is 0 Å². The zero-order chi connectivity index (χ0) is 17.5. The van der Waals surface area contributed by atoms with Crippen LogP contribution in [-0.4, -0.2) is 26.9 Å². The number of nitrogens with zero attached hydrogens (tertiary/aromatic N) is 2. The second kappa shape index (κ2) is 11.8. The standard InChI is InChI=1S/C15H18N6OS2.2ClH/c1-2-22-10-5-3-9(4-6-10)7-11-12(23-14(16)17)20-8-21-13(11)24-15(18)19;;/h3-6,8H,2,7H2,1H3,(H3,16,17)(H3,18,19);2*1H. The number of amidine groups is 2. The van der Waals surface area contributed by atoms with E-state index in [-0.39, 0.29) is 35.1 Å². The number of thioether (sulfide) groups is 2. The minimum atomic E-state index is 0. The van der Waals surface area contributed by atoms with E-state index in [1.54, 1.807) is 0 Å². The third kappa shape index (κ3) is 7.28. The first-order chi connectivity index (χ1) is 11.5. The molecule has 0 saturated carbocycles. The van der Waals surface area contributed by atoms with Gasteiger partial charge in [0.1, 0.15) is 22.1 Å². The molecule has 0 saturated heterocycles. The lowest BCUT2D eigenvalue weighted by atomic mass is 10.1. The van der Waals surface area contributed by atoms with E-state index in [2.05, 4.69) is 9.97 Å². The summed E-state index contributed by atoms with van der Waals surface area (Å²) in [5, 5.41) is 13.0. The molecule has 26 heavy (non-hydrogen) atoms. The van der Waals surface area contributed by atoms with Crippen molar-refractivity contribution in [1.29, 1.82) is 0 Å². The predicted octanol–water partition coefficient (Wildman–Crippen LogP) is -7.19. The first kappa shape index (κ1) is 24.3. The van der Waals surface area contributed by atoms with E-state index in [9.17, 15) is 0 Å². The molecular formula is C15H20Cl2N6OS2. The highest BCUT2D eigenvalue weighted by molar-refractivity contribution is 8.14. The number of nitrogens with two attached hydrogens (primary N) is 4. The van der Waals surface area contributed by atoms with Crippen LogP contribution in [0.15, 0.2) is 40.6 Å². The number of halogens is 2. The molecule has 0 aliphatic carbocycles. The maximum Gasteiger partial charge on any atom is 0.306 e. The Labute approximate surface area is 172 Å². The number of ether oxygens (including phenoxy) is 1. The van der Waals surface area contributed by atoms with Crippen molar-refractivity contribution >= 4 is 33.9 Å². The normalized spacial score (nSPS) is 9.58. The molecule has 0 amide bonds. The molecular weight excluding hydrogens is 415 g/mol. The minimum Gasteiger partial charge on any atom is -1.00 e. The first-order valence-electron chi connectivity index (χ1n) is 7.16. The van der Waals surface area contributed by atoms with Crippen molar-refractivity contribution in [3.63, 3.8) is 0 Å². The average molecular weight is 435 g/mol. The molecule has 11 heteroatoms. The van der Waals surface area contributed by atoms with Crippen LogP contribution in [0.4, 0.5) is 0 Å². The second-order valence-corrected chi connectivity index (χ2v) is 6.85. The summed E-state index contributed by atoms with van der Waals surface area (Å²) in [4.78, 5) is 8.54. The van der Waals surface area contributed by atoms with Crippen molar-refractivity contribution in [2.24, 2.45) is 11.5 Å². The monoisotopic (exact) mass is 434 g/mol. The fourth-order valence-electron chi connectivity index (χ4n) is 2.01. The highest BCUT2D eigenvalue weighted by Crippen LogP contribution is 2.29. The molecule has 7 nitrogen and oxygen atoms in total. The van der Waals surface area contributed by atoms with Gasteiger partial charge in [-0.2, -0.15) is 0 Å². The highest BCUT2D eigenvalue weighted by atomic mass is 35.5. The summed E-state index contributed by atoms with van der Waals surface area (Å²) in [6, 6.07) is 7.84. The minimum absolute atomic E-state index is 0. The van der Waals surface area contributed by atoms with Gasteiger partial charge in [0.25, 0.3) is 0 Å². The molecule has 0 aliphatic heterocycles. The van der Waals surface area contributed by atoms with E-state index in [1.165, 1.54) is 29.9 Å². The Morgan fingerprint density at radius 3 is 1.92 bits per heavy atom. The zero-order valence-corrected chi connectivity index (χ0v) is 17.1. The lowest BCUT2D eigenvalue weighted by molar-refractivity contribution is -0.110.